The summed E-state index contributed by atoms with van der Waals surface area (Å²) in [6.45, 7) is 7.19. The molecule has 38 valence electrons. The maximum absolute atomic E-state index is 7.19. The third kappa shape index (κ3) is 1.34. The van der Waals surface area contributed by atoms with E-state index in [2.05, 4.69) is 0 Å². The van der Waals surface area contributed by atoms with Crippen LogP contribution >= 0.6 is 0 Å². The average molecular weight is 94.2 g/mol. The Morgan fingerprint density at radius 1 is 1.00 bits per heavy atom. The van der Waals surface area contributed by atoms with E-state index in [9.17, 15) is 0 Å². The van der Waals surface area contributed by atoms with Crippen LogP contribution in [0.4, 0.5) is 0 Å². The molecule has 1 aliphatic carbocycles. The van der Waals surface area contributed by atoms with Crippen molar-refractivity contribution in [3.8, 4) is 0 Å². The fraction of sp³-hybridized carbons (Fsp3) is 0.714. The SMILES string of the molecule is [C]=C1CCCCC1. The Balaban J connectivity index is 2.25. The number of hydrogen-bond donors (Lipinski definition) is 0. The summed E-state index contributed by atoms with van der Waals surface area (Å²) >= 11 is 0. The topological polar surface area (TPSA) is 0 Å². The molecule has 0 bridgehead atoms. The van der Waals surface area contributed by atoms with Crippen molar-refractivity contribution in [2.75, 3.05) is 0 Å². The van der Waals surface area contributed by atoms with Crippen molar-refractivity contribution in [3.63, 3.8) is 0 Å². The summed E-state index contributed by atoms with van der Waals surface area (Å²) in [5, 5.41) is 0. The molecule has 0 heterocycles. The third-order valence-electron chi connectivity index (χ3n) is 1.46. The largest absolute Gasteiger partial charge is 0.0617 e. The third-order valence-corrected chi connectivity index (χ3v) is 1.46. The summed E-state index contributed by atoms with van der Waals surface area (Å²) in [4.78, 5) is 0. The lowest BCUT2D eigenvalue weighted by atomic mass is 9.97. The molecule has 0 heteroatoms. The van der Waals surface area contributed by atoms with Gasteiger partial charge in [-0.25, -0.2) is 0 Å². The van der Waals surface area contributed by atoms with Crippen LogP contribution in [-0.4, -0.2) is 0 Å². The molecule has 0 aromatic carbocycles. The summed E-state index contributed by atoms with van der Waals surface area (Å²) in [6.07, 6.45) is 6.01. The molecule has 0 spiro atoms. The minimum absolute atomic E-state index is 0.964. The molecule has 0 N–H and O–H groups in total. The molecule has 1 rings (SSSR count). The molecule has 0 saturated heterocycles. The van der Waals surface area contributed by atoms with E-state index < -0.39 is 0 Å². The maximum atomic E-state index is 7.19. The predicted octanol–water partition coefficient (Wildman–Crippen LogP) is 2.19. The normalized spacial score (nSPS) is 22.6. The molecule has 1 fully saturated rings. The number of hydrogen-bond acceptors (Lipinski definition) is 0. The molecule has 0 aromatic heterocycles. The van der Waals surface area contributed by atoms with E-state index in [1.54, 1.807) is 0 Å². The first kappa shape index (κ1) is 4.89. The van der Waals surface area contributed by atoms with Crippen LogP contribution in [-0.2, 0) is 0 Å². The molecule has 1 aliphatic rings. The van der Waals surface area contributed by atoms with Gasteiger partial charge in [0.1, 0.15) is 0 Å². The molecule has 2 radical (unpaired) electrons. The smallest absolute Gasteiger partial charge is 0.0108 e. The first-order chi connectivity index (χ1) is 3.39. The van der Waals surface area contributed by atoms with Gasteiger partial charge in [-0.2, -0.15) is 0 Å². The average Bonchev–Trinajstić information content (AvgIpc) is 1.69. The van der Waals surface area contributed by atoms with Crippen molar-refractivity contribution in [3.05, 3.63) is 12.2 Å². The van der Waals surface area contributed by atoms with Crippen LogP contribution in [0.3, 0.4) is 0 Å². The van der Waals surface area contributed by atoms with Crippen LogP contribution in [0.15, 0.2) is 5.57 Å². The molecular weight excluding hydrogens is 84.1 g/mol. The molecule has 0 amide bonds. The van der Waals surface area contributed by atoms with Gasteiger partial charge in [-0.3, -0.25) is 0 Å². The molecule has 0 aromatic rings. The second-order valence-corrected chi connectivity index (χ2v) is 2.16. The van der Waals surface area contributed by atoms with E-state index in [0.717, 1.165) is 18.4 Å². The fourth-order valence-electron chi connectivity index (χ4n) is 0.979. The maximum Gasteiger partial charge on any atom is -0.0108 e. The lowest BCUT2D eigenvalue weighted by Gasteiger charge is -2.09. The molecule has 7 heavy (non-hydrogen) atoms. The summed E-state index contributed by atoms with van der Waals surface area (Å²) in [6, 6.07) is 0. The van der Waals surface area contributed by atoms with Gasteiger partial charge in [0.15, 0.2) is 0 Å². The van der Waals surface area contributed by atoms with Gasteiger partial charge < -0.3 is 0 Å². The predicted molar refractivity (Wildman–Crippen MR) is 29.8 cm³/mol. The minimum Gasteiger partial charge on any atom is -0.0617 e. The van der Waals surface area contributed by atoms with Crippen molar-refractivity contribution in [1.82, 2.24) is 0 Å². The van der Waals surface area contributed by atoms with Gasteiger partial charge in [0, 0.05) is 0 Å². The van der Waals surface area contributed by atoms with Crippen LogP contribution in [0.5, 0.6) is 0 Å². The molecule has 0 aliphatic heterocycles. The zero-order valence-electron chi connectivity index (χ0n) is 4.54. The Morgan fingerprint density at radius 3 is 1.86 bits per heavy atom. The number of rotatable bonds is 0. The van der Waals surface area contributed by atoms with Crippen molar-refractivity contribution in [2.45, 2.75) is 32.1 Å². The fourth-order valence-corrected chi connectivity index (χ4v) is 0.979. The molecule has 0 atom stereocenters. The zero-order chi connectivity index (χ0) is 5.11. The Hall–Kier alpha value is -0.260. The highest BCUT2D eigenvalue weighted by atomic mass is 14.1. The minimum atomic E-state index is 0.964. The summed E-state index contributed by atoms with van der Waals surface area (Å²) in [7, 11) is 0. The second kappa shape index (κ2) is 2.15. The van der Waals surface area contributed by atoms with E-state index in [-0.39, 0.29) is 0 Å². The zero-order valence-corrected chi connectivity index (χ0v) is 4.54. The Labute approximate surface area is 45.2 Å². The van der Waals surface area contributed by atoms with E-state index >= 15 is 0 Å². The van der Waals surface area contributed by atoms with Crippen molar-refractivity contribution < 1.29 is 0 Å². The van der Waals surface area contributed by atoms with E-state index in [0.29, 0.717) is 0 Å². The van der Waals surface area contributed by atoms with Crippen molar-refractivity contribution in [1.29, 1.82) is 0 Å². The molecule has 1 saturated carbocycles. The molecular formula is C7H10. The quantitative estimate of drug-likeness (QED) is 0.431. The Morgan fingerprint density at radius 2 is 1.57 bits per heavy atom. The molecule has 0 unspecified atom stereocenters. The lowest BCUT2D eigenvalue weighted by Crippen LogP contribution is -1.90. The summed E-state index contributed by atoms with van der Waals surface area (Å²) in [5.74, 6) is 0. The van der Waals surface area contributed by atoms with Gasteiger partial charge in [-0.05, 0) is 32.3 Å². The van der Waals surface area contributed by atoms with Gasteiger partial charge in [0.05, 0.1) is 0 Å². The van der Waals surface area contributed by atoms with Gasteiger partial charge >= 0.3 is 0 Å². The first-order valence-corrected chi connectivity index (χ1v) is 2.96. The highest BCUT2D eigenvalue weighted by molar-refractivity contribution is 4.93. The van der Waals surface area contributed by atoms with Crippen molar-refractivity contribution in [2.24, 2.45) is 0 Å². The van der Waals surface area contributed by atoms with Crippen molar-refractivity contribution >= 4 is 0 Å². The molecule has 0 nitrogen and oxygen atoms in total. The van der Waals surface area contributed by atoms with Gasteiger partial charge in [-0.1, -0.05) is 12.0 Å². The van der Waals surface area contributed by atoms with Gasteiger partial charge in [0.25, 0.3) is 0 Å². The van der Waals surface area contributed by atoms with Crippen LogP contribution in [0.25, 0.3) is 0 Å². The standard InChI is InChI=1S/C7H10/c1-7-5-3-2-4-6-7/h2-6H2. The van der Waals surface area contributed by atoms with Crippen LogP contribution in [0, 0.1) is 6.58 Å². The van der Waals surface area contributed by atoms with Gasteiger partial charge in [0.2, 0.25) is 0 Å². The Kier molecular flexibility index (Phi) is 1.50. The monoisotopic (exact) mass is 94.1 g/mol. The second-order valence-electron chi connectivity index (χ2n) is 2.16. The van der Waals surface area contributed by atoms with E-state index in [1.807, 2.05) is 0 Å². The lowest BCUT2D eigenvalue weighted by molar-refractivity contribution is 0.600. The van der Waals surface area contributed by atoms with Crippen LogP contribution in [0.2, 0.25) is 0 Å². The highest BCUT2D eigenvalue weighted by Crippen LogP contribution is 2.19. The number of allylic oxidation sites excluding steroid dienone is 1. The van der Waals surface area contributed by atoms with E-state index in [4.69, 9.17) is 6.58 Å². The highest BCUT2D eigenvalue weighted by Gasteiger charge is 2.00. The summed E-state index contributed by atoms with van der Waals surface area (Å²) < 4.78 is 0. The Bertz CT molecular complexity index is 64.1. The van der Waals surface area contributed by atoms with E-state index in [1.165, 1.54) is 19.3 Å². The summed E-state index contributed by atoms with van der Waals surface area (Å²) in [5.41, 5.74) is 0.964. The first-order valence-electron chi connectivity index (χ1n) is 2.96. The van der Waals surface area contributed by atoms with Crippen LogP contribution in [0.1, 0.15) is 32.1 Å². The van der Waals surface area contributed by atoms with Gasteiger partial charge in [-0.15, -0.1) is 0 Å². The van der Waals surface area contributed by atoms with Crippen LogP contribution < -0.4 is 0 Å².